The molecule has 6 nitrogen and oxygen atoms in total. The van der Waals surface area contributed by atoms with Crippen molar-refractivity contribution < 1.29 is 14.2 Å². The number of nitrogens with zero attached hydrogens (tertiary/aromatic N) is 2. The lowest BCUT2D eigenvalue weighted by molar-refractivity contribution is 0.349. The highest BCUT2D eigenvalue weighted by Gasteiger charge is 2.15. The first-order valence-electron chi connectivity index (χ1n) is 8.10. The first-order chi connectivity index (χ1) is 12.7. The zero-order valence-corrected chi connectivity index (χ0v) is 15.8. The minimum absolute atomic E-state index is 0.635. The lowest BCUT2D eigenvalue weighted by atomic mass is 10.1. The molecular formula is C19H21N3O3S. The lowest BCUT2D eigenvalue weighted by Gasteiger charge is -2.12. The quantitative estimate of drug-likeness (QED) is 0.654. The van der Waals surface area contributed by atoms with Crippen molar-refractivity contribution in [2.24, 2.45) is 0 Å². The fourth-order valence-electron chi connectivity index (χ4n) is 2.55. The number of thiazole rings is 1. The number of aromatic nitrogens is 2. The smallest absolute Gasteiger partial charge is 0.164 e. The predicted octanol–water partition coefficient (Wildman–Crippen LogP) is 3.52. The number of hydrogen-bond donors (Lipinski definition) is 1. The second-order valence-corrected chi connectivity index (χ2v) is 6.61. The predicted molar refractivity (Wildman–Crippen MR) is 102 cm³/mol. The fraction of sp³-hybridized carbons (Fsp3) is 0.263. The highest BCUT2D eigenvalue weighted by atomic mass is 32.1. The summed E-state index contributed by atoms with van der Waals surface area (Å²) in [5.74, 6) is 2.02. The molecule has 0 amide bonds. The summed E-state index contributed by atoms with van der Waals surface area (Å²) in [6.45, 7) is 1.44. The summed E-state index contributed by atoms with van der Waals surface area (Å²) in [7, 11) is 4.87. The third-order valence-corrected chi connectivity index (χ3v) is 4.88. The van der Waals surface area contributed by atoms with Gasteiger partial charge in [0.15, 0.2) is 11.5 Å². The molecule has 1 N–H and O–H groups in total. The fourth-order valence-corrected chi connectivity index (χ4v) is 3.46. The minimum atomic E-state index is 0.635. The number of rotatable bonds is 8. The molecule has 0 aliphatic carbocycles. The van der Waals surface area contributed by atoms with Crippen molar-refractivity contribution in [1.82, 2.24) is 15.3 Å². The highest BCUT2D eigenvalue weighted by Crippen LogP contribution is 2.41. The van der Waals surface area contributed by atoms with E-state index in [0.717, 1.165) is 33.3 Å². The van der Waals surface area contributed by atoms with E-state index in [2.05, 4.69) is 15.3 Å². The molecule has 0 radical (unpaired) electrons. The molecule has 3 rings (SSSR count). The van der Waals surface area contributed by atoms with Gasteiger partial charge in [-0.15, -0.1) is 11.3 Å². The summed E-state index contributed by atoms with van der Waals surface area (Å²) in [6.07, 6.45) is 5.48. The Morgan fingerprint density at radius 1 is 0.962 bits per heavy atom. The van der Waals surface area contributed by atoms with Gasteiger partial charge in [-0.3, -0.25) is 4.98 Å². The Morgan fingerprint density at radius 2 is 1.73 bits per heavy atom. The average molecular weight is 371 g/mol. The maximum Gasteiger partial charge on any atom is 0.164 e. The molecule has 0 spiro atoms. The third kappa shape index (κ3) is 4.12. The van der Waals surface area contributed by atoms with Crippen LogP contribution in [0.15, 0.2) is 42.9 Å². The van der Waals surface area contributed by atoms with Crippen LogP contribution in [0.25, 0.3) is 10.4 Å². The zero-order chi connectivity index (χ0) is 18.4. The number of benzene rings is 1. The molecule has 1 aromatic carbocycles. The van der Waals surface area contributed by atoms with Gasteiger partial charge in [0.05, 0.1) is 26.2 Å². The first-order valence-corrected chi connectivity index (χ1v) is 8.91. The molecule has 0 saturated heterocycles. The van der Waals surface area contributed by atoms with Gasteiger partial charge in [-0.25, -0.2) is 4.98 Å². The van der Waals surface area contributed by atoms with Gasteiger partial charge in [0.25, 0.3) is 0 Å². The monoisotopic (exact) mass is 371 g/mol. The van der Waals surface area contributed by atoms with Crippen LogP contribution in [0.5, 0.6) is 17.2 Å². The largest absolute Gasteiger partial charge is 0.496 e. The summed E-state index contributed by atoms with van der Waals surface area (Å²) in [5, 5.41) is 4.38. The molecule has 2 heterocycles. The SMILES string of the molecule is COc1cc(OC)c(-c2cnc(CNCc3cccnc3)s2)cc1OC. The molecule has 0 aliphatic heterocycles. The van der Waals surface area contributed by atoms with Crippen molar-refractivity contribution in [3.63, 3.8) is 0 Å². The molecule has 0 fully saturated rings. The van der Waals surface area contributed by atoms with Crippen molar-refractivity contribution in [1.29, 1.82) is 0 Å². The zero-order valence-electron chi connectivity index (χ0n) is 15.0. The molecule has 0 unspecified atom stereocenters. The number of nitrogens with one attached hydrogen (secondary N) is 1. The number of pyridine rings is 1. The summed E-state index contributed by atoms with van der Waals surface area (Å²) in [6, 6.07) is 7.72. The molecule has 0 saturated carbocycles. The normalized spacial score (nSPS) is 10.6. The van der Waals surface area contributed by atoms with Gasteiger partial charge in [0.2, 0.25) is 0 Å². The third-order valence-electron chi connectivity index (χ3n) is 3.85. The Kier molecular flexibility index (Phi) is 6.04. The van der Waals surface area contributed by atoms with Gasteiger partial charge in [-0.1, -0.05) is 6.07 Å². The Hall–Kier alpha value is -2.64. The Balaban J connectivity index is 1.74. The van der Waals surface area contributed by atoms with Gasteiger partial charge in [0.1, 0.15) is 10.8 Å². The van der Waals surface area contributed by atoms with Gasteiger partial charge < -0.3 is 19.5 Å². The van der Waals surface area contributed by atoms with Crippen molar-refractivity contribution in [3.8, 4) is 27.7 Å². The Bertz CT molecular complexity index is 852. The molecule has 7 heteroatoms. The van der Waals surface area contributed by atoms with Crippen LogP contribution in [-0.2, 0) is 13.1 Å². The van der Waals surface area contributed by atoms with Gasteiger partial charge in [0, 0.05) is 43.3 Å². The van der Waals surface area contributed by atoms with E-state index in [4.69, 9.17) is 14.2 Å². The van der Waals surface area contributed by atoms with Crippen LogP contribution in [0.3, 0.4) is 0 Å². The topological polar surface area (TPSA) is 65.5 Å². The van der Waals surface area contributed by atoms with Crippen LogP contribution in [0, 0.1) is 0 Å². The van der Waals surface area contributed by atoms with Crippen LogP contribution >= 0.6 is 11.3 Å². The number of ether oxygens (including phenoxy) is 3. The molecule has 2 aromatic heterocycles. The second kappa shape index (κ2) is 8.64. The van der Waals surface area contributed by atoms with E-state index >= 15 is 0 Å². The average Bonchev–Trinajstić information content (AvgIpc) is 3.16. The van der Waals surface area contributed by atoms with E-state index in [9.17, 15) is 0 Å². The minimum Gasteiger partial charge on any atom is -0.496 e. The van der Waals surface area contributed by atoms with Crippen molar-refractivity contribution in [2.75, 3.05) is 21.3 Å². The van der Waals surface area contributed by atoms with E-state index in [0.29, 0.717) is 18.0 Å². The number of hydrogen-bond acceptors (Lipinski definition) is 7. The molecule has 136 valence electrons. The molecule has 0 aliphatic rings. The van der Waals surface area contributed by atoms with Crippen LogP contribution in [0.4, 0.5) is 0 Å². The molecule has 0 bridgehead atoms. The van der Waals surface area contributed by atoms with E-state index < -0.39 is 0 Å². The summed E-state index contributed by atoms with van der Waals surface area (Å²) in [4.78, 5) is 9.64. The van der Waals surface area contributed by atoms with E-state index in [-0.39, 0.29) is 0 Å². The highest BCUT2D eigenvalue weighted by molar-refractivity contribution is 7.15. The van der Waals surface area contributed by atoms with Gasteiger partial charge in [-0.2, -0.15) is 0 Å². The van der Waals surface area contributed by atoms with E-state index in [1.165, 1.54) is 0 Å². The second-order valence-electron chi connectivity index (χ2n) is 5.49. The summed E-state index contributed by atoms with van der Waals surface area (Å²) in [5.41, 5.74) is 2.08. The van der Waals surface area contributed by atoms with Crippen LogP contribution in [-0.4, -0.2) is 31.3 Å². The van der Waals surface area contributed by atoms with E-state index in [1.807, 2.05) is 36.7 Å². The molecule has 0 atom stereocenters. The molecular weight excluding hydrogens is 350 g/mol. The number of methoxy groups -OCH3 is 3. The summed E-state index contributed by atoms with van der Waals surface area (Å²) >= 11 is 1.62. The standard InChI is InChI=1S/C19H21N3O3S/c1-23-15-8-17(25-3)16(24-2)7-14(15)18-11-22-19(26-18)12-21-10-13-5-4-6-20-9-13/h4-9,11,21H,10,12H2,1-3H3. The van der Waals surface area contributed by atoms with Gasteiger partial charge in [-0.05, 0) is 17.7 Å². The van der Waals surface area contributed by atoms with Crippen molar-refractivity contribution in [2.45, 2.75) is 13.1 Å². The maximum absolute atomic E-state index is 5.51. The first kappa shape index (κ1) is 18.2. The molecule has 3 aromatic rings. The van der Waals surface area contributed by atoms with Gasteiger partial charge >= 0.3 is 0 Å². The van der Waals surface area contributed by atoms with Crippen molar-refractivity contribution in [3.05, 3.63) is 53.4 Å². The van der Waals surface area contributed by atoms with E-state index in [1.54, 1.807) is 38.9 Å². The van der Waals surface area contributed by atoms with Crippen molar-refractivity contribution >= 4 is 11.3 Å². The Labute approximate surface area is 156 Å². The van der Waals surface area contributed by atoms with Crippen LogP contribution in [0.2, 0.25) is 0 Å². The summed E-state index contributed by atoms with van der Waals surface area (Å²) < 4.78 is 16.3. The lowest BCUT2D eigenvalue weighted by Crippen LogP contribution is -2.12. The molecule has 26 heavy (non-hydrogen) atoms. The maximum atomic E-state index is 5.51. The van der Waals surface area contributed by atoms with Crippen LogP contribution < -0.4 is 19.5 Å². The Morgan fingerprint density at radius 3 is 2.42 bits per heavy atom. The van der Waals surface area contributed by atoms with Crippen LogP contribution in [0.1, 0.15) is 10.6 Å².